The van der Waals surface area contributed by atoms with E-state index in [-0.39, 0.29) is 17.5 Å². The zero-order valence-electron chi connectivity index (χ0n) is 14.8. The molecule has 2 heterocycles. The molecule has 4 rings (SSSR count). The summed E-state index contributed by atoms with van der Waals surface area (Å²) in [7, 11) is -2.19. The Morgan fingerprint density at radius 1 is 1.07 bits per heavy atom. The molecule has 1 unspecified atom stereocenters. The third kappa shape index (κ3) is 3.45. The fraction of sp³-hybridized carbons (Fsp3) is 0.263. The molecule has 27 heavy (non-hydrogen) atoms. The number of hydrogen-bond acceptors (Lipinski definition) is 6. The molecule has 3 aromatic rings. The van der Waals surface area contributed by atoms with Crippen molar-refractivity contribution < 1.29 is 17.9 Å². The molecule has 8 heteroatoms. The first-order valence-electron chi connectivity index (χ1n) is 8.59. The smallest absolute Gasteiger partial charge is 0.246 e. The van der Waals surface area contributed by atoms with Gasteiger partial charge in [0.2, 0.25) is 15.9 Å². The van der Waals surface area contributed by atoms with Crippen molar-refractivity contribution in [2.24, 2.45) is 0 Å². The predicted molar refractivity (Wildman–Crippen MR) is 100 cm³/mol. The summed E-state index contributed by atoms with van der Waals surface area (Å²) in [5, 5.41) is 0. The lowest BCUT2D eigenvalue weighted by atomic mass is 10.3. The van der Waals surface area contributed by atoms with Crippen molar-refractivity contribution in [1.29, 1.82) is 0 Å². The lowest BCUT2D eigenvalue weighted by Gasteiger charge is -2.18. The van der Waals surface area contributed by atoms with E-state index in [2.05, 4.69) is 9.97 Å². The summed E-state index contributed by atoms with van der Waals surface area (Å²) in [5.74, 6) is 0.734. The Hall–Kier alpha value is -2.71. The molecule has 0 radical (unpaired) electrons. The third-order valence-corrected chi connectivity index (χ3v) is 6.41. The van der Waals surface area contributed by atoms with Crippen LogP contribution in [0, 0.1) is 0 Å². The zero-order valence-corrected chi connectivity index (χ0v) is 15.6. The van der Waals surface area contributed by atoms with Crippen molar-refractivity contribution in [3.8, 4) is 11.6 Å². The van der Waals surface area contributed by atoms with Gasteiger partial charge < -0.3 is 9.47 Å². The zero-order chi connectivity index (χ0) is 18.9. The van der Waals surface area contributed by atoms with Gasteiger partial charge in [0.05, 0.1) is 30.9 Å². The molecule has 7 nitrogen and oxygen atoms in total. The highest BCUT2D eigenvalue weighted by atomic mass is 32.2. The summed E-state index contributed by atoms with van der Waals surface area (Å²) >= 11 is 0. The highest BCUT2D eigenvalue weighted by molar-refractivity contribution is 7.89. The molecule has 0 spiro atoms. The van der Waals surface area contributed by atoms with Gasteiger partial charge in [-0.2, -0.15) is 4.31 Å². The largest absolute Gasteiger partial charge is 0.495 e. The van der Waals surface area contributed by atoms with E-state index in [1.807, 2.05) is 24.3 Å². The SMILES string of the molecule is COc1ccccc1S(=O)(=O)N1CCC(Oc2cnc3ccccc3n2)C1. The maximum atomic E-state index is 12.9. The summed E-state index contributed by atoms with van der Waals surface area (Å²) in [6, 6.07) is 14.1. The number of para-hydroxylation sites is 3. The number of methoxy groups -OCH3 is 1. The van der Waals surface area contributed by atoms with Crippen LogP contribution in [0.5, 0.6) is 11.6 Å². The topological polar surface area (TPSA) is 81.6 Å². The minimum absolute atomic E-state index is 0.165. The van der Waals surface area contributed by atoms with Crippen LogP contribution < -0.4 is 9.47 Å². The number of ether oxygens (including phenoxy) is 2. The second kappa shape index (κ2) is 7.13. The van der Waals surface area contributed by atoms with E-state index in [4.69, 9.17) is 9.47 Å². The van der Waals surface area contributed by atoms with Crippen LogP contribution in [0.4, 0.5) is 0 Å². The predicted octanol–water partition coefficient (Wildman–Crippen LogP) is 2.48. The van der Waals surface area contributed by atoms with Gasteiger partial charge in [-0.05, 0) is 30.7 Å². The van der Waals surface area contributed by atoms with E-state index >= 15 is 0 Å². The molecular formula is C19H19N3O4S. The van der Waals surface area contributed by atoms with Gasteiger partial charge in [0.15, 0.2) is 0 Å². The van der Waals surface area contributed by atoms with Gasteiger partial charge in [-0.15, -0.1) is 0 Å². The van der Waals surface area contributed by atoms with Gasteiger partial charge in [0, 0.05) is 6.54 Å². The molecular weight excluding hydrogens is 366 g/mol. The maximum absolute atomic E-state index is 12.9. The van der Waals surface area contributed by atoms with E-state index < -0.39 is 10.0 Å². The number of benzene rings is 2. The Morgan fingerprint density at radius 2 is 1.81 bits per heavy atom. The Kier molecular flexibility index (Phi) is 4.67. The first-order chi connectivity index (χ1) is 13.1. The van der Waals surface area contributed by atoms with E-state index in [0.29, 0.717) is 24.6 Å². The van der Waals surface area contributed by atoms with Crippen LogP contribution in [0.25, 0.3) is 11.0 Å². The molecule has 1 atom stereocenters. The van der Waals surface area contributed by atoms with Crippen molar-refractivity contribution in [3.63, 3.8) is 0 Å². The maximum Gasteiger partial charge on any atom is 0.246 e. The van der Waals surface area contributed by atoms with Crippen molar-refractivity contribution in [1.82, 2.24) is 14.3 Å². The van der Waals surface area contributed by atoms with Crippen molar-refractivity contribution in [2.75, 3.05) is 20.2 Å². The van der Waals surface area contributed by atoms with Crippen molar-refractivity contribution in [2.45, 2.75) is 17.4 Å². The van der Waals surface area contributed by atoms with Gasteiger partial charge in [-0.1, -0.05) is 24.3 Å². The molecule has 0 bridgehead atoms. The van der Waals surface area contributed by atoms with Crippen LogP contribution in [0.1, 0.15) is 6.42 Å². The Morgan fingerprint density at radius 3 is 2.63 bits per heavy atom. The number of fused-ring (bicyclic) bond motifs is 1. The molecule has 0 saturated carbocycles. The van der Waals surface area contributed by atoms with Gasteiger partial charge in [0.1, 0.15) is 16.7 Å². The molecule has 1 aliphatic rings. The van der Waals surface area contributed by atoms with Crippen molar-refractivity contribution in [3.05, 3.63) is 54.7 Å². The normalized spacial score (nSPS) is 17.9. The number of sulfonamides is 1. The second-order valence-corrected chi connectivity index (χ2v) is 8.15. The molecule has 0 amide bonds. The lowest BCUT2D eigenvalue weighted by Crippen LogP contribution is -2.31. The lowest BCUT2D eigenvalue weighted by molar-refractivity contribution is 0.207. The molecule has 1 saturated heterocycles. The minimum atomic E-state index is -3.65. The minimum Gasteiger partial charge on any atom is -0.495 e. The quantitative estimate of drug-likeness (QED) is 0.671. The average molecular weight is 385 g/mol. The summed E-state index contributed by atoms with van der Waals surface area (Å²) in [6.07, 6.45) is 1.88. The summed E-state index contributed by atoms with van der Waals surface area (Å²) in [4.78, 5) is 8.93. The van der Waals surface area contributed by atoms with Crippen molar-refractivity contribution >= 4 is 21.1 Å². The standard InChI is InChI=1S/C19H19N3O4S/c1-25-17-8-4-5-9-18(17)27(23,24)22-11-10-14(13-22)26-19-12-20-15-6-2-3-7-16(15)21-19/h2-9,12,14H,10-11,13H2,1H3. The highest BCUT2D eigenvalue weighted by Gasteiger charge is 2.35. The van der Waals surface area contributed by atoms with E-state index in [9.17, 15) is 8.42 Å². The monoisotopic (exact) mass is 385 g/mol. The number of rotatable bonds is 5. The first-order valence-corrected chi connectivity index (χ1v) is 10.0. The Labute approximate surface area is 157 Å². The Bertz CT molecular complexity index is 1070. The number of aromatic nitrogens is 2. The van der Waals surface area contributed by atoms with Crippen LogP contribution in [0.3, 0.4) is 0 Å². The van der Waals surface area contributed by atoms with Crippen LogP contribution >= 0.6 is 0 Å². The molecule has 140 valence electrons. The van der Waals surface area contributed by atoms with E-state index in [0.717, 1.165) is 11.0 Å². The number of nitrogens with zero attached hydrogens (tertiary/aromatic N) is 3. The molecule has 0 aliphatic carbocycles. The van der Waals surface area contributed by atoms with Crippen LogP contribution in [-0.2, 0) is 10.0 Å². The van der Waals surface area contributed by atoms with Gasteiger partial charge in [0.25, 0.3) is 0 Å². The summed E-state index contributed by atoms with van der Waals surface area (Å²) in [5.41, 5.74) is 1.53. The van der Waals surface area contributed by atoms with E-state index in [1.165, 1.54) is 11.4 Å². The van der Waals surface area contributed by atoms with Gasteiger partial charge in [-0.3, -0.25) is 0 Å². The fourth-order valence-corrected chi connectivity index (χ4v) is 4.79. The number of hydrogen-bond donors (Lipinski definition) is 0. The Balaban J connectivity index is 1.51. The second-order valence-electron chi connectivity index (χ2n) is 6.24. The van der Waals surface area contributed by atoms with Crippen LogP contribution in [0.15, 0.2) is 59.6 Å². The average Bonchev–Trinajstić information content (AvgIpc) is 3.17. The van der Waals surface area contributed by atoms with E-state index in [1.54, 1.807) is 30.5 Å². The van der Waals surface area contributed by atoms with Crippen LogP contribution in [0.2, 0.25) is 0 Å². The summed E-state index contributed by atoms with van der Waals surface area (Å²) < 4.78 is 38.4. The molecule has 1 fully saturated rings. The van der Waals surface area contributed by atoms with Gasteiger partial charge >= 0.3 is 0 Å². The molecule has 1 aliphatic heterocycles. The highest BCUT2D eigenvalue weighted by Crippen LogP contribution is 2.29. The van der Waals surface area contributed by atoms with Crippen LogP contribution in [-0.4, -0.2) is 49.0 Å². The van der Waals surface area contributed by atoms with Gasteiger partial charge in [-0.25, -0.2) is 18.4 Å². The first kappa shape index (κ1) is 17.7. The molecule has 0 N–H and O–H groups in total. The molecule has 2 aromatic carbocycles. The molecule has 1 aromatic heterocycles. The third-order valence-electron chi connectivity index (χ3n) is 4.51. The summed E-state index contributed by atoms with van der Waals surface area (Å²) in [6.45, 7) is 0.640. The fourth-order valence-electron chi connectivity index (χ4n) is 3.15.